The van der Waals surface area contributed by atoms with E-state index in [9.17, 15) is 4.79 Å². The van der Waals surface area contributed by atoms with Gasteiger partial charge in [0.25, 0.3) is 5.91 Å². The van der Waals surface area contributed by atoms with Crippen molar-refractivity contribution >= 4 is 11.7 Å². The van der Waals surface area contributed by atoms with Gasteiger partial charge in [0.15, 0.2) is 0 Å². The Labute approximate surface area is 123 Å². The Hall–Kier alpha value is -2.34. The number of carbonyl (C=O) groups is 1. The van der Waals surface area contributed by atoms with E-state index in [4.69, 9.17) is 0 Å². The third-order valence-corrected chi connectivity index (χ3v) is 3.45. The van der Waals surface area contributed by atoms with Gasteiger partial charge < -0.3 is 10.6 Å². The summed E-state index contributed by atoms with van der Waals surface area (Å²) in [6, 6.07) is 5.72. The zero-order valence-corrected chi connectivity index (χ0v) is 11.8. The summed E-state index contributed by atoms with van der Waals surface area (Å²) in [7, 11) is 0. The smallest absolute Gasteiger partial charge is 0.277 e. The Bertz CT molecular complexity index is 635. The predicted molar refractivity (Wildman–Crippen MR) is 78.9 cm³/mol. The van der Waals surface area contributed by atoms with Crippen molar-refractivity contribution in [2.24, 2.45) is 0 Å². The Morgan fingerprint density at radius 2 is 2.24 bits per heavy atom. The summed E-state index contributed by atoms with van der Waals surface area (Å²) in [6.07, 6.45) is 5.39. The summed E-state index contributed by atoms with van der Waals surface area (Å²) in [6.45, 7) is 2.88. The zero-order chi connectivity index (χ0) is 14.7. The maximum atomic E-state index is 12.1. The number of aromatic nitrogens is 3. The van der Waals surface area contributed by atoms with E-state index in [-0.39, 0.29) is 11.9 Å². The van der Waals surface area contributed by atoms with Crippen LogP contribution in [0.15, 0.2) is 30.6 Å². The summed E-state index contributed by atoms with van der Waals surface area (Å²) >= 11 is 0. The average molecular weight is 283 g/mol. The van der Waals surface area contributed by atoms with Gasteiger partial charge in [0.2, 0.25) is 0 Å². The molecule has 2 N–H and O–H groups in total. The first-order valence-corrected chi connectivity index (χ1v) is 7.03. The van der Waals surface area contributed by atoms with Gasteiger partial charge in [0.05, 0.1) is 24.1 Å². The van der Waals surface area contributed by atoms with Crippen LogP contribution < -0.4 is 10.6 Å². The van der Waals surface area contributed by atoms with Crippen LogP contribution in [0.3, 0.4) is 0 Å². The minimum atomic E-state index is -0.300. The van der Waals surface area contributed by atoms with Gasteiger partial charge in [-0.25, -0.2) is 9.97 Å². The van der Waals surface area contributed by atoms with Gasteiger partial charge in [0.1, 0.15) is 11.5 Å². The summed E-state index contributed by atoms with van der Waals surface area (Å²) in [4.78, 5) is 24.9. The van der Waals surface area contributed by atoms with Crippen LogP contribution in [0.2, 0.25) is 0 Å². The molecule has 2 aromatic rings. The summed E-state index contributed by atoms with van der Waals surface area (Å²) in [5.41, 5.74) is 2.03. The standard InChI is InChI=1S/C15H17N5O/c1-10-4-2-6-14(19-10)20-15(21)13-9-17-12(8-18-13)11-5-3-7-16-11/h2,4,6,8-9,11,16H,3,5,7H2,1H3,(H,19,20,21). The van der Waals surface area contributed by atoms with Crippen LogP contribution in [0.1, 0.15) is 40.8 Å². The number of rotatable bonds is 3. The highest BCUT2D eigenvalue weighted by atomic mass is 16.1. The second-order valence-corrected chi connectivity index (χ2v) is 5.09. The lowest BCUT2D eigenvalue weighted by atomic mass is 10.2. The van der Waals surface area contributed by atoms with E-state index in [1.54, 1.807) is 12.3 Å². The topological polar surface area (TPSA) is 79.8 Å². The molecule has 0 spiro atoms. The van der Waals surface area contributed by atoms with E-state index in [2.05, 4.69) is 25.6 Å². The fourth-order valence-electron chi connectivity index (χ4n) is 2.37. The van der Waals surface area contributed by atoms with Gasteiger partial charge in [-0.05, 0) is 38.4 Å². The van der Waals surface area contributed by atoms with Crippen molar-refractivity contribution in [2.45, 2.75) is 25.8 Å². The van der Waals surface area contributed by atoms with Crippen LogP contribution in [0.5, 0.6) is 0 Å². The molecule has 1 amide bonds. The molecule has 0 bridgehead atoms. The normalized spacial score (nSPS) is 17.7. The molecule has 1 fully saturated rings. The minimum absolute atomic E-state index is 0.257. The van der Waals surface area contributed by atoms with E-state index < -0.39 is 0 Å². The fourth-order valence-corrected chi connectivity index (χ4v) is 2.37. The molecule has 0 saturated carbocycles. The lowest BCUT2D eigenvalue weighted by Crippen LogP contribution is -2.18. The summed E-state index contributed by atoms with van der Waals surface area (Å²) < 4.78 is 0. The molecule has 1 atom stereocenters. The molecule has 1 aliphatic rings. The van der Waals surface area contributed by atoms with E-state index in [1.165, 1.54) is 6.20 Å². The number of hydrogen-bond acceptors (Lipinski definition) is 5. The van der Waals surface area contributed by atoms with Crippen LogP contribution in [-0.4, -0.2) is 27.4 Å². The maximum Gasteiger partial charge on any atom is 0.277 e. The second-order valence-electron chi connectivity index (χ2n) is 5.09. The number of amides is 1. The van der Waals surface area contributed by atoms with E-state index in [0.717, 1.165) is 30.8 Å². The highest BCUT2D eigenvalue weighted by molar-refractivity contribution is 6.02. The first-order valence-electron chi connectivity index (χ1n) is 7.03. The molecule has 3 rings (SSSR count). The average Bonchev–Trinajstić information content (AvgIpc) is 3.01. The first-order chi connectivity index (χ1) is 10.2. The molecular weight excluding hydrogens is 266 g/mol. The lowest BCUT2D eigenvalue weighted by Gasteiger charge is -2.09. The van der Waals surface area contributed by atoms with Crippen LogP contribution in [-0.2, 0) is 0 Å². The number of nitrogens with zero attached hydrogens (tertiary/aromatic N) is 3. The Morgan fingerprint density at radius 1 is 1.33 bits per heavy atom. The van der Waals surface area contributed by atoms with Crippen LogP contribution in [0, 0.1) is 6.92 Å². The van der Waals surface area contributed by atoms with Crippen molar-refractivity contribution in [1.82, 2.24) is 20.3 Å². The number of carbonyl (C=O) groups excluding carboxylic acids is 1. The van der Waals surface area contributed by atoms with Crippen molar-refractivity contribution < 1.29 is 4.79 Å². The Morgan fingerprint density at radius 3 is 2.90 bits per heavy atom. The second kappa shape index (κ2) is 5.97. The molecule has 1 aliphatic heterocycles. The third-order valence-electron chi connectivity index (χ3n) is 3.45. The monoisotopic (exact) mass is 283 g/mol. The Balaban J connectivity index is 1.70. The lowest BCUT2D eigenvalue weighted by molar-refractivity contribution is 0.102. The predicted octanol–water partition coefficient (Wildman–Crippen LogP) is 1.86. The van der Waals surface area contributed by atoms with Gasteiger partial charge in [-0.3, -0.25) is 9.78 Å². The number of nitrogens with one attached hydrogen (secondary N) is 2. The molecule has 6 nitrogen and oxygen atoms in total. The van der Waals surface area contributed by atoms with E-state index in [0.29, 0.717) is 11.5 Å². The van der Waals surface area contributed by atoms with E-state index >= 15 is 0 Å². The van der Waals surface area contributed by atoms with E-state index in [1.807, 2.05) is 19.1 Å². The molecule has 2 aromatic heterocycles. The highest BCUT2D eigenvalue weighted by Gasteiger charge is 2.18. The maximum absolute atomic E-state index is 12.1. The highest BCUT2D eigenvalue weighted by Crippen LogP contribution is 2.20. The molecule has 21 heavy (non-hydrogen) atoms. The summed E-state index contributed by atoms with van der Waals surface area (Å²) in [5.74, 6) is 0.217. The van der Waals surface area contributed by atoms with Gasteiger partial charge in [-0.2, -0.15) is 0 Å². The first kappa shape index (κ1) is 13.6. The quantitative estimate of drug-likeness (QED) is 0.898. The van der Waals surface area contributed by atoms with Crippen LogP contribution in [0.4, 0.5) is 5.82 Å². The number of anilines is 1. The van der Waals surface area contributed by atoms with Crippen LogP contribution in [0.25, 0.3) is 0 Å². The third kappa shape index (κ3) is 3.22. The fraction of sp³-hybridized carbons (Fsp3) is 0.333. The number of pyridine rings is 1. The van der Waals surface area contributed by atoms with Crippen molar-refractivity contribution in [2.75, 3.05) is 11.9 Å². The van der Waals surface area contributed by atoms with Crippen molar-refractivity contribution in [3.8, 4) is 0 Å². The molecule has 108 valence electrons. The zero-order valence-electron chi connectivity index (χ0n) is 11.8. The summed E-state index contributed by atoms with van der Waals surface area (Å²) in [5, 5.41) is 6.07. The number of hydrogen-bond donors (Lipinski definition) is 2. The Kier molecular flexibility index (Phi) is 3.87. The molecule has 3 heterocycles. The number of aryl methyl sites for hydroxylation is 1. The molecule has 1 unspecified atom stereocenters. The molecule has 1 saturated heterocycles. The van der Waals surface area contributed by atoms with Gasteiger partial charge in [-0.1, -0.05) is 6.07 Å². The largest absolute Gasteiger partial charge is 0.309 e. The molecule has 6 heteroatoms. The van der Waals surface area contributed by atoms with Crippen LogP contribution >= 0.6 is 0 Å². The van der Waals surface area contributed by atoms with Gasteiger partial charge >= 0.3 is 0 Å². The van der Waals surface area contributed by atoms with Crippen molar-refractivity contribution in [1.29, 1.82) is 0 Å². The van der Waals surface area contributed by atoms with Crippen molar-refractivity contribution in [3.05, 3.63) is 47.7 Å². The molecular formula is C15H17N5O. The molecule has 0 radical (unpaired) electrons. The SMILES string of the molecule is Cc1cccc(NC(=O)c2cnc(C3CCCN3)cn2)n1. The minimum Gasteiger partial charge on any atom is -0.309 e. The molecule has 0 aromatic carbocycles. The molecule has 0 aliphatic carbocycles. The van der Waals surface area contributed by atoms with Gasteiger partial charge in [0, 0.05) is 5.69 Å². The van der Waals surface area contributed by atoms with Crippen molar-refractivity contribution in [3.63, 3.8) is 0 Å². The van der Waals surface area contributed by atoms with Gasteiger partial charge in [-0.15, -0.1) is 0 Å².